The molecule has 142 valence electrons. The van der Waals surface area contributed by atoms with Gasteiger partial charge in [-0.25, -0.2) is 0 Å². The number of H-pyrrole nitrogens is 1. The second-order valence-corrected chi connectivity index (χ2v) is 8.19. The lowest BCUT2D eigenvalue weighted by Crippen LogP contribution is -2.29. The molecule has 4 aromatic rings. The molecule has 0 fully saturated rings. The summed E-state index contributed by atoms with van der Waals surface area (Å²) in [6, 6.07) is 20.1. The third kappa shape index (κ3) is 4.13. The number of thiophene rings is 1. The van der Waals surface area contributed by atoms with E-state index in [1.807, 2.05) is 54.0 Å². The zero-order chi connectivity index (χ0) is 19.3. The molecule has 0 bridgehead atoms. The van der Waals surface area contributed by atoms with Crippen molar-refractivity contribution in [2.24, 2.45) is 0 Å². The summed E-state index contributed by atoms with van der Waals surface area (Å²) in [6.07, 6.45) is 3.29. The molecule has 0 spiro atoms. The van der Waals surface area contributed by atoms with Crippen LogP contribution in [0.4, 0.5) is 0 Å². The van der Waals surface area contributed by atoms with Crippen LogP contribution in [0, 0.1) is 0 Å². The average Bonchev–Trinajstić information content (AvgIpc) is 3.38. The van der Waals surface area contributed by atoms with E-state index < -0.39 is 0 Å². The first-order chi connectivity index (χ1) is 13.7. The van der Waals surface area contributed by atoms with Gasteiger partial charge in [0.25, 0.3) is 0 Å². The van der Waals surface area contributed by atoms with E-state index in [9.17, 15) is 4.79 Å². The van der Waals surface area contributed by atoms with Crippen molar-refractivity contribution in [2.45, 2.75) is 18.8 Å². The van der Waals surface area contributed by atoms with Gasteiger partial charge < -0.3 is 10.3 Å². The fraction of sp³-hybridized carbons (Fsp3) is 0.174. The molecular formula is C23H21ClN2OS. The summed E-state index contributed by atoms with van der Waals surface area (Å²) in [7, 11) is 0. The molecule has 2 heterocycles. The first-order valence-corrected chi connectivity index (χ1v) is 10.6. The van der Waals surface area contributed by atoms with Gasteiger partial charge in [0.05, 0.1) is 0 Å². The lowest BCUT2D eigenvalue weighted by atomic mass is 9.90. The number of benzene rings is 2. The molecule has 28 heavy (non-hydrogen) atoms. The number of carbonyl (C=O) groups excluding carboxylic acids is 1. The number of nitrogens with one attached hydrogen (secondary N) is 2. The Balaban J connectivity index is 1.55. The number of hydrogen-bond donors (Lipinski definition) is 2. The van der Waals surface area contributed by atoms with Gasteiger partial charge in [0.1, 0.15) is 0 Å². The number of carbonyl (C=O) groups is 1. The Kier molecular flexibility index (Phi) is 5.79. The summed E-state index contributed by atoms with van der Waals surface area (Å²) < 4.78 is 0. The van der Waals surface area contributed by atoms with Crippen molar-refractivity contribution in [1.29, 1.82) is 0 Å². The zero-order valence-electron chi connectivity index (χ0n) is 15.3. The van der Waals surface area contributed by atoms with Gasteiger partial charge in [-0.3, -0.25) is 4.79 Å². The molecule has 2 aromatic carbocycles. The van der Waals surface area contributed by atoms with Crippen molar-refractivity contribution < 1.29 is 4.79 Å². The van der Waals surface area contributed by atoms with Crippen molar-refractivity contribution in [3.63, 3.8) is 0 Å². The Bertz CT molecular complexity index is 1070. The van der Waals surface area contributed by atoms with Gasteiger partial charge in [-0.1, -0.05) is 54.1 Å². The standard InChI is InChI=1S/C23H21ClN2OS/c24-21-9-3-1-7-17(21)19(20-14-25-22-10-4-2-8-18(20)22)15-26-23(27)12-11-16-6-5-13-28-16/h1-10,13-14,19,25H,11-12,15H2,(H,26,27)/t19-/m0/s1. The first-order valence-electron chi connectivity index (χ1n) is 9.32. The minimum Gasteiger partial charge on any atom is -0.361 e. The van der Waals surface area contributed by atoms with Crippen molar-refractivity contribution >= 4 is 39.7 Å². The highest BCUT2D eigenvalue weighted by atomic mass is 35.5. The smallest absolute Gasteiger partial charge is 0.220 e. The summed E-state index contributed by atoms with van der Waals surface area (Å²) in [5.41, 5.74) is 3.24. The number of rotatable bonds is 7. The van der Waals surface area contributed by atoms with E-state index in [0.717, 1.165) is 28.5 Å². The zero-order valence-corrected chi connectivity index (χ0v) is 16.9. The molecule has 2 N–H and O–H groups in total. The number of hydrogen-bond acceptors (Lipinski definition) is 2. The molecule has 1 atom stereocenters. The molecule has 3 nitrogen and oxygen atoms in total. The topological polar surface area (TPSA) is 44.9 Å². The first kappa shape index (κ1) is 18.8. The molecule has 0 radical (unpaired) electrons. The number of halogens is 1. The number of aromatic nitrogens is 1. The van der Waals surface area contributed by atoms with Gasteiger partial charge in [0, 0.05) is 45.9 Å². The molecule has 0 aliphatic rings. The summed E-state index contributed by atoms with van der Waals surface area (Å²) in [5.74, 6) is 0.0424. The van der Waals surface area contributed by atoms with Crippen LogP contribution in [-0.4, -0.2) is 17.4 Å². The lowest BCUT2D eigenvalue weighted by Gasteiger charge is -2.19. The Morgan fingerprint density at radius 2 is 1.86 bits per heavy atom. The fourth-order valence-electron chi connectivity index (χ4n) is 3.52. The van der Waals surface area contributed by atoms with E-state index >= 15 is 0 Å². The average molecular weight is 409 g/mol. The summed E-state index contributed by atoms with van der Waals surface area (Å²) in [5, 5.41) is 7.02. The van der Waals surface area contributed by atoms with Crippen molar-refractivity contribution in [2.75, 3.05) is 6.54 Å². The van der Waals surface area contributed by atoms with Crippen LogP contribution >= 0.6 is 22.9 Å². The molecule has 0 aliphatic heterocycles. The van der Waals surface area contributed by atoms with E-state index in [4.69, 9.17) is 11.6 Å². The Morgan fingerprint density at radius 3 is 2.68 bits per heavy atom. The van der Waals surface area contributed by atoms with Crippen LogP contribution in [-0.2, 0) is 11.2 Å². The summed E-state index contributed by atoms with van der Waals surface area (Å²) in [6.45, 7) is 0.509. The molecule has 5 heteroatoms. The van der Waals surface area contributed by atoms with E-state index in [1.165, 1.54) is 4.88 Å². The maximum atomic E-state index is 12.4. The van der Waals surface area contributed by atoms with Gasteiger partial charge in [-0.2, -0.15) is 0 Å². The van der Waals surface area contributed by atoms with Crippen molar-refractivity contribution in [3.05, 3.63) is 93.3 Å². The fourth-order valence-corrected chi connectivity index (χ4v) is 4.50. The van der Waals surface area contributed by atoms with Gasteiger partial charge in [0.2, 0.25) is 5.91 Å². The van der Waals surface area contributed by atoms with Crippen molar-refractivity contribution in [1.82, 2.24) is 10.3 Å². The van der Waals surface area contributed by atoms with Crippen LogP contribution in [0.2, 0.25) is 5.02 Å². The number of fused-ring (bicyclic) bond motifs is 1. The van der Waals surface area contributed by atoms with E-state index in [2.05, 4.69) is 28.5 Å². The predicted molar refractivity (Wildman–Crippen MR) is 117 cm³/mol. The van der Waals surface area contributed by atoms with E-state index in [1.54, 1.807) is 11.3 Å². The van der Waals surface area contributed by atoms with Crippen LogP contribution in [0.5, 0.6) is 0 Å². The normalized spacial score (nSPS) is 12.2. The highest BCUT2D eigenvalue weighted by molar-refractivity contribution is 7.09. The SMILES string of the molecule is O=C(CCc1cccs1)NC[C@@H](c1ccccc1Cl)c1c[nH]c2ccccc12. The summed E-state index contributed by atoms with van der Waals surface area (Å²) >= 11 is 8.20. The van der Waals surface area contributed by atoms with Crippen LogP contribution < -0.4 is 5.32 Å². The largest absolute Gasteiger partial charge is 0.361 e. The Hall–Kier alpha value is -2.56. The third-order valence-corrected chi connectivity index (χ3v) is 6.24. The van der Waals surface area contributed by atoms with Gasteiger partial charge in [-0.15, -0.1) is 11.3 Å². The maximum Gasteiger partial charge on any atom is 0.220 e. The molecule has 0 saturated heterocycles. The number of para-hydroxylation sites is 1. The van der Waals surface area contributed by atoms with Gasteiger partial charge in [-0.05, 0) is 41.1 Å². The number of aryl methyl sites for hydroxylation is 1. The number of aromatic amines is 1. The molecule has 0 aliphatic carbocycles. The minimum absolute atomic E-state index is 0.0180. The van der Waals surface area contributed by atoms with Gasteiger partial charge in [0.15, 0.2) is 0 Å². The molecular weight excluding hydrogens is 388 g/mol. The number of amides is 1. The highest BCUT2D eigenvalue weighted by Gasteiger charge is 2.21. The maximum absolute atomic E-state index is 12.4. The molecule has 1 amide bonds. The quantitative estimate of drug-likeness (QED) is 0.401. The molecule has 2 aromatic heterocycles. The Labute approximate surface area is 173 Å². The second kappa shape index (κ2) is 8.63. The van der Waals surface area contributed by atoms with Crippen molar-refractivity contribution in [3.8, 4) is 0 Å². The second-order valence-electron chi connectivity index (χ2n) is 6.75. The van der Waals surface area contributed by atoms with E-state index in [0.29, 0.717) is 18.0 Å². The van der Waals surface area contributed by atoms with Crippen LogP contribution in [0.15, 0.2) is 72.2 Å². The monoisotopic (exact) mass is 408 g/mol. The van der Waals surface area contributed by atoms with E-state index in [-0.39, 0.29) is 11.8 Å². The predicted octanol–water partition coefficient (Wildman–Crippen LogP) is 5.76. The summed E-state index contributed by atoms with van der Waals surface area (Å²) in [4.78, 5) is 17.0. The lowest BCUT2D eigenvalue weighted by molar-refractivity contribution is -0.121. The van der Waals surface area contributed by atoms with Gasteiger partial charge >= 0.3 is 0 Å². The van der Waals surface area contributed by atoms with Crippen LogP contribution in [0.25, 0.3) is 10.9 Å². The van der Waals surface area contributed by atoms with Crippen LogP contribution in [0.3, 0.4) is 0 Å². The molecule has 0 unspecified atom stereocenters. The van der Waals surface area contributed by atoms with Crippen LogP contribution in [0.1, 0.15) is 28.3 Å². The molecule has 0 saturated carbocycles. The minimum atomic E-state index is -0.0180. The third-order valence-electron chi connectivity index (χ3n) is 4.96. The Morgan fingerprint density at radius 1 is 1.04 bits per heavy atom. The highest BCUT2D eigenvalue weighted by Crippen LogP contribution is 2.34. The molecule has 4 rings (SSSR count).